The molecule has 0 saturated carbocycles. The first kappa shape index (κ1) is 8.10. The first-order valence-electron chi connectivity index (χ1n) is 4.25. The van der Waals surface area contributed by atoms with Gasteiger partial charge in [-0.15, -0.1) is 0 Å². The molecule has 3 nitrogen and oxygen atoms in total. The van der Waals surface area contributed by atoms with Crippen molar-refractivity contribution in [3.8, 4) is 5.75 Å². The Morgan fingerprint density at radius 2 is 2.23 bits per heavy atom. The number of anilines is 1. The third-order valence-corrected chi connectivity index (χ3v) is 2.07. The van der Waals surface area contributed by atoms with Gasteiger partial charge in [-0.3, -0.25) is 4.79 Å². The lowest BCUT2D eigenvalue weighted by Crippen LogP contribution is -2.34. The Morgan fingerprint density at radius 3 is 3.00 bits per heavy atom. The highest BCUT2D eigenvalue weighted by molar-refractivity contribution is 5.97. The number of hydrogen-bond acceptors (Lipinski definition) is 2. The van der Waals surface area contributed by atoms with Crippen LogP contribution in [0.5, 0.6) is 5.75 Å². The zero-order valence-corrected chi connectivity index (χ0v) is 7.63. The monoisotopic (exact) mass is 177 g/mol. The van der Waals surface area contributed by atoms with Crippen LogP contribution in [0.3, 0.4) is 0 Å². The summed E-state index contributed by atoms with van der Waals surface area (Å²) in [6.07, 6.45) is -0.393. The molecule has 0 radical (unpaired) electrons. The molecule has 1 aromatic carbocycles. The maximum Gasteiger partial charge on any atom is 0.265 e. The van der Waals surface area contributed by atoms with E-state index in [0.717, 1.165) is 17.0 Å². The summed E-state index contributed by atoms with van der Waals surface area (Å²) in [7, 11) is 0. The SMILES string of the molecule is Cc1ccc2c(c1)NC(=O)[C@H](C)O2. The molecule has 0 aliphatic carbocycles. The third kappa shape index (κ3) is 1.37. The fourth-order valence-corrected chi connectivity index (χ4v) is 1.32. The summed E-state index contributed by atoms with van der Waals surface area (Å²) in [6.45, 7) is 3.71. The van der Waals surface area contributed by atoms with Crippen LogP contribution in [-0.2, 0) is 4.79 Å². The predicted octanol–water partition coefficient (Wildman–Crippen LogP) is 1.71. The quantitative estimate of drug-likeness (QED) is 0.655. The van der Waals surface area contributed by atoms with Crippen molar-refractivity contribution in [1.29, 1.82) is 0 Å². The Labute approximate surface area is 76.7 Å². The third-order valence-electron chi connectivity index (χ3n) is 2.07. The fraction of sp³-hybridized carbons (Fsp3) is 0.300. The first-order chi connectivity index (χ1) is 6.16. The highest BCUT2D eigenvalue weighted by Crippen LogP contribution is 2.29. The van der Waals surface area contributed by atoms with Crippen molar-refractivity contribution in [2.45, 2.75) is 20.0 Å². The van der Waals surface area contributed by atoms with Crippen LogP contribution >= 0.6 is 0 Å². The highest BCUT2D eigenvalue weighted by Gasteiger charge is 2.22. The topological polar surface area (TPSA) is 38.3 Å². The largest absolute Gasteiger partial charge is 0.479 e. The maximum absolute atomic E-state index is 11.2. The van der Waals surface area contributed by atoms with Crippen molar-refractivity contribution in [1.82, 2.24) is 0 Å². The van der Waals surface area contributed by atoms with Gasteiger partial charge in [-0.2, -0.15) is 0 Å². The van der Waals surface area contributed by atoms with Gasteiger partial charge in [-0.25, -0.2) is 0 Å². The molecule has 0 spiro atoms. The molecule has 13 heavy (non-hydrogen) atoms. The summed E-state index contributed by atoms with van der Waals surface area (Å²) in [6, 6.07) is 5.74. The van der Waals surface area contributed by atoms with E-state index in [4.69, 9.17) is 4.74 Å². The van der Waals surface area contributed by atoms with Gasteiger partial charge >= 0.3 is 0 Å². The van der Waals surface area contributed by atoms with Gasteiger partial charge in [0.05, 0.1) is 5.69 Å². The molecular formula is C10H11NO2. The van der Waals surface area contributed by atoms with Gasteiger partial charge in [0.15, 0.2) is 6.10 Å². The summed E-state index contributed by atoms with van der Waals surface area (Å²) < 4.78 is 5.39. The molecule has 0 saturated heterocycles. The number of nitrogens with one attached hydrogen (secondary N) is 1. The predicted molar refractivity (Wildman–Crippen MR) is 49.9 cm³/mol. The van der Waals surface area contributed by atoms with Gasteiger partial charge < -0.3 is 10.1 Å². The van der Waals surface area contributed by atoms with E-state index in [2.05, 4.69) is 5.32 Å². The Kier molecular flexibility index (Phi) is 1.72. The summed E-state index contributed by atoms with van der Waals surface area (Å²) in [5, 5.41) is 2.79. The van der Waals surface area contributed by atoms with E-state index in [1.54, 1.807) is 6.92 Å². The molecule has 1 atom stereocenters. The van der Waals surface area contributed by atoms with E-state index in [0.29, 0.717) is 0 Å². The molecule has 1 aliphatic heterocycles. The van der Waals surface area contributed by atoms with Gasteiger partial charge in [-0.05, 0) is 31.5 Å². The standard InChI is InChI=1S/C10H11NO2/c1-6-3-4-9-8(5-6)11-10(12)7(2)13-9/h3-5,7H,1-2H3,(H,11,12)/t7-/m0/s1. The van der Waals surface area contributed by atoms with Crippen LogP contribution in [0.25, 0.3) is 0 Å². The van der Waals surface area contributed by atoms with Gasteiger partial charge in [0.2, 0.25) is 0 Å². The van der Waals surface area contributed by atoms with E-state index in [1.165, 1.54) is 0 Å². The number of benzene rings is 1. The lowest BCUT2D eigenvalue weighted by Gasteiger charge is -2.23. The van der Waals surface area contributed by atoms with Crippen molar-refractivity contribution in [3.63, 3.8) is 0 Å². The number of carbonyl (C=O) groups excluding carboxylic acids is 1. The summed E-state index contributed by atoms with van der Waals surface area (Å²) >= 11 is 0. The Bertz CT molecular complexity index is 360. The van der Waals surface area contributed by atoms with E-state index in [1.807, 2.05) is 25.1 Å². The number of hydrogen-bond donors (Lipinski definition) is 1. The number of aryl methyl sites for hydroxylation is 1. The second-order valence-electron chi connectivity index (χ2n) is 3.25. The van der Waals surface area contributed by atoms with Gasteiger partial charge in [0.25, 0.3) is 5.91 Å². The van der Waals surface area contributed by atoms with Crippen molar-refractivity contribution < 1.29 is 9.53 Å². The molecule has 0 unspecified atom stereocenters. The molecule has 1 amide bonds. The molecule has 0 aromatic heterocycles. The molecule has 0 bridgehead atoms. The van der Waals surface area contributed by atoms with Crippen LogP contribution in [0.15, 0.2) is 18.2 Å². The van der Waals surface area contributed by atoms with Crippen molar-refractivity contribution >= 4 is 11.6 Å². The number of amides is 1. The molecule has 1 N–H and O–H groups in total. The van der Waals surface area contributed by atoms with Crippen molar-refractivity contribution in [2.24, 2.45) is 0 Å². The molecule has 0 fully saturated rings. The van der Waals surface area contributed by atoms with Crippen molar-refractivity contribution in [2.75, 3.05) is 5.32 Å². The minimum Gasteiger partial charge on any atom is -0.479 e. The minimum atomic E-state index is -0.393. The van der Waals surface area contributed by atoms with Crippen molar-refractivity contribution in [3.05, 3.63) is 23.8 Å². The summed E-state index contributed by atoms with van der Waals surface area (Å²) in [5.74, 6) is 0.663. The van der Waals surface area contributed by atoms with Gasteiger partial charge in [0, 0.05) is 0 Å². The number of ether oxygens (including phenoxy) is 1. The summed E-state index contributed by atoms with van der Waals surface area (Å²) in [4.78, 5) is 11.2. The second-order valence-corrected chi connectivity index (χ2v) is 3.25. The highest BCUT2D eigenvalue weighted by atomic mass is 16.5. The average Bonchev–Trinajstić information content (AvgIpc) is 2.08. The van der Waals surface area contributed by atoms with E-state index in [-0.39, 0.29) is 5.91 Å². The second kappa shape index (κ2) is 2.76. The molecule has 2 rings (SSSR count). The zero-order chi connectivity index (χ0) is 9.42. The number of fused-ring (bicyclic) bond motifs is 1. The normalized spacial score (nSPS) is 20.2. The Balaban J connectivity index is 2.42. The van der Waals surface area contributed by atoms with Crippen LogP contribution in [0, 0.1) is 6.92 Å². The molecule has 68 valence electrons. The minimum absolute atomic E-state index is 0.0851. The van der Waals surface area contributed by atoms with Gasteiger partial charge in [-0.1, -0.05) is 6.07 Å². The molecular weight excluding hydrogens is 166 g/mol. The van der Waals surface area contributed by atoms with Crippen LogP contribution in [0.1, 0.15) is 12.5 Å². The molecule has 3 heteroatoms. The van der Waals surface area contributed by atoms with Crippen LogP contribution in [0.4, 0.5) is 5.69 Å². The Hall–Kier alpha value is -1.51. The van der Waals surface area contributed by atoms with Crippen LogP contribution in [0.2, 0.25) is 0 Å². The average molecular weight is 177 g/mol. The van der Waals surface area contributed by atoms with Crippen LogP contribution in [-0.4, -0.2) is 12.0 Å². The molecule has 1 heterocycles. The first-order valence-corrected chi connectivity index (χ1v) is 4.25. The van der Waals surface area contributed by atoms with Crippen LogP contribution < -0.4 is 10.1 Å². The molecule has 1 aliphatic rings. The van der Waals surface area contributed by atoms with E-state index >= 15 is 0 Å². The lowest BCUT2D eigenvalue weighted by molar-refractivity contribution is -0.122. The fourth-order valence-electron chi connectivity index (χ4n) is 1.32. The van der Waals surface area contributed by atoms with E-state index < -0.39 is 6.10 Å². The maximum atomic E-state index is 11.2. The lowest BCUT2D eigenvalue weighted by atomic mass is 10.1. The molecule has 1 aromatic rings. The number of rotatable bonds is 0. The summed E-state index contributed by atoms with van der Waals surface area (Å²) in [5.41, 5.74) is 1.88. The smallest absolute Gasteiger partial charge is 0.265 e. The van der Waals surface area contributed by atoms with Gasteiger partial charge in [0.1, 0.15) is 5.75 Å². The zero-order valence-electron chi connectivity index (χ0n) is 7.63. The Morgan fingerprint density at radius 1 is 1.46 bits per heavy atom. The number of carbonyl (C=O) groups is 1. The van der Waals surface area contributed by atoms with E-state index in [9.17, 15) is 4.79 Å².